The first-order chi connectivity index (χ1) is 46.8. The minimum Gasteiger partial charge on any atom is -0.446 e. The first kappa shape index (κ1) is 81.2. The molecule has 1 aromatic heterocycles. The van der Waals surface area contributed by atoms with Gasteiger partial charge in [-0.2, -0.15) is 26.3 Å². The van der Waals surface area contributed by atoms with Gasteiger partial charge in [0.1, 0.15) is 35.7 Å². The van der Waals surface area contributed by atoms with Gasteiger partial charge in [-0.25, -0.2) is 14.2 Å². The molecule has 5 amide bonds. The number of carbonyl (C=O) groups excluding carboxylic acids is 5. The van der Waals surface area contributed by atoms with Crippen molar-refractivity contribution in [1.29, 1.82) is 0 Å². The van der Waals surface area contributed by atoms with E-state index < -0.39 is 64.6 Å². The third-order valence-corrected chi connectivity index (χ3v) is 20.9. The van der Waals surface area contributed by atoms with Gasteiger partial charge < -0.3 is 48.5 Å². The van der Waals surface area contributed by atoms with Gasteiger partial charge in [-0.15, -0.1) is 37.2 Å². The van der Waals surface area contributed by atoms with Crippen molar-refractivity contribution < 1.29 is 68.9 Å². The summed E-state index contributed by atoms with van der Waals surface area (Å²) in [6, 6.07) is 31.9. The molecule has 0 unspecified atom stereocenters. The van der Waals surface area contributed by atoms with Crippen molar-refractivity contribution in [3.8, 4) is 11.1 Å². The first-order valence-corrected chi connectivity index (χ1v) is 34.3. The lowest BCUT2D eigenvalue weighted by Crippen LogP contribution is -2.50. The Kier molecular flexibility index (Phi) is 28.8. The molecule has 1 N–H and O–H groups in total. The largest absolute Gasteiger partial charge is 0.446 e. The Balaban J connectivity index is 0.00000477. The van der Waals surface area contributed by atoms with E-state index in [-0.39, 0.29) is 92.8 Å². The number of thiazole rings is 1. The lowest BCUT2D eigenvalue weighted by atomic mass is 9.72. The van der Waals surface area contributed by atoms with E-state index in [0.717, 1.165) is 84.0 Å². The molecule has 17 nitrogen and oxygen atoms in total. The number of unbranched alkanes of at least 4 members (excludes halogenated alkanes) is 2. The molecule has 10 rings (SSSR count). The molecule has 4 aliphatic rings. The Labute approximate surface area is 608 Å². The second-order valence-corrected chi connectivity index (χ2v) is 27.3. The summed E-state index contributed by atoms with van der Waals surface area (Å²) in [7, 11) is 7.26. The molecule has 5 aromatic carbocycles. The van der Waals surface area contributed by atoms with Crippen LogP contribution in [0.1, 0.15) is 118 Å². The number of rotatable bonds is 26. The molecule has 0 bridgehead atoms. The van der Waals surface area contributed by atoms with E-state index in [0.29, 0.717) is 112 Å². The average molecular weight is 1490 g/mol. The minimum absolute atomic E-state index is 0. The van der Waals surface area contributed by atoms with Gasteiger partial charge >= 0.3 is 18.4 Å². The molecule has 0 radical (unpaired) electrons. The van der Waals surface area contributed by atoms with Crippen molar-refractivity contribution in [3.63, 3.8) is 0 Å². The zero-order valence-corrected chi connectivity index (χ0v) is 60.6. The monoisotopic (exact) mass is 1490 g/mol. The maximum Gasteiger partial charge on any atom is 0.416 e. The number of alkyl halides is 6. The summed E-state index contributed by atoms with van der Waals surface area (Å²) in [6.07, 6.45) is -4.19. The van der Waals surface area contributed by atoms with Crippen molar-refractivity contribution in [2.45, 2.75) is 113 Å². The van der Waals surface area contributed by atoms with Crippen molar-refractivity contribution in [1.82, 2.24) is 34.4 Å². The summed E-state index contributed by atoms with van der Waals surface area (Å²) in [5, 5.41) is 3.67. The van der Waals surface area contributed by atoms with Crippen LogP contribution in [0, 0.1) is 12.7 Å². The molecule has 2 atom stereocenters. The number of hydrogen-bond acceptors (Lipinski definition) is 13. The zero-order valence-electron chi connectivity index (χ0n) is 57.3. The molecule has 28 heteroatoms. The van der Waals surface area contributed by atoms with Gasteiger partial charge in [-0.05, 0) is 136 Å². The second kappa shape index (κ2) is 35.9. The summed E-state index contributed by atoms with van der Waals surface area (Å²) in [5.74, 6) is -1.85. The standard InChI is InChI=1S/C73H86F7N9O8S.3ClH/c1-50-65(98-68(81-50)86(5)33-15-7-10-23-63(90)84(3)41-42-87-36-28-58(29-37-87)97-69(94)82-61-22-14-12-20-59(61)51-17-8-6-9-18-51)67(93)85(4)35-16-34-83(2)64(91)47-95-62-45-52-19-11-13-21-60(52)70(62)30-38-88(39-31-70)40-32-71(54-24-26-57(74)27-25-54)48-89(49-96-71)66(92)53-43-55(72(75,76)77)46-56(44-53)73(78,79)80;;;/h6,8-9,11-14,17-22,24-27,43-44,46,58,62H,7,10,15-16,23,28-42,45,47-49H2,1-5H3,(H,82,94);3*1H/t62-,71+;;;/m0.../s1. The van der Waals surface area contributed by atoms with Crippen LogP contribution in [0.3, 0.4) is 0 Å². The molecule has 1 spiro atoms. The van der Waals surface area contributed by atoms with Crippen molar-refractivity contribution >= 4 is 89.1 Å². The maximum atomic E-state index is 14.3. The van der Waals surface area contributed by atoms with Gasteiger partial charge in [0.2, 0.25) is 11.8 Å². The number of para-hydroxylation sites is 1. The van der Waals surface area contributed by atoms with Crippen molar-refractivity contribution in [2.75, 3.05) is 124 Å². The summed E-state index contributed by atoms with van der Waals surface area (Å²) >= 11 is 1.35. The number of amides is 5. The number of nitrogens with zero attached hydrogens (tertiary/aromatic N) is 8. The normalized spacial score (nSPS) is 17.6. The number of likely N-dealkylation sites (N-methyl/N-ethyl adjacent to an activating group) is 2. The number of anilines is 2. The van der Waals surface area contributed by atoms with E-state index in [2.05, 4.69) is 27.2 Å². The molecule has 4 heterocycles. The molecular weight excluding hydrogens is 1400 g/mol. The van der Waals surface area contributed by atoms with Gasteiger partial charge in [-0.1, -0.05) is 103 Å². The van der Waals surface area contributed by atoms with Crippen LogP contribution in [0.25, 0.3) is 11.1 Å². The lowest BCUT2D eigenvalue weighted by molar-refractivity contribution is -0.143. The third-order valence-electron chi connectivity index (χ3n) is 19.7. The van der Waals surface area contributed by atoms with E-state index in [1.807, 2.05) is 92.6 Å². The molecule has 550 valence electrons. The summed E-state index contributed by atoms with van der Waals surface area (Å²) in [5.41, 5.74) is 0.368. The summed E-state index contributed by atoms with van der Waals surface area (Å²) in [4.78, 5) is 85.2. The van der Waals surface area contributed by atoms with Crippen LogP contribution in [-0.4, -0.2) is 190 Å². The van der Waals surface area contributed by atoms with Gasteiger partial charge in [0.15, 0.2) is 5.13 Å². The Hall–Kier alpha value is -7.10. The predicted molar refractivity (Wildman–Crippen MR) is 382 cm³/mol. The summed E-state index contributed by atoms with van der Waals surface area (Å²) < 4.78 is 116. The van der Waals surface area contributed by atoms with Crippen LogP contribution in [0.15, 0.2) is 121 Å². The molecule has 6 aromatic rings. The SMILES string of the molecule is Cc1nc(N(C)CCCCCC(=O)N(C)CCN2CCC(OC(=O)Nc3ccccc3-c3ccccc3)CC2)sc1C(=O)N(C)CCCN(C)C(=O)CO[C@H]1Cc2ccccc2C12CCN(CC[C@]1(c3ccc(F)cc3)CN(C(=O)c3cc(C(F)(F)F)cc(C(F)(F)F)c3)CO1)CC2.Cl.Cl.Cl. The van der Waals surface area contributed by atoms with Gasteiger partial charge in [0, 0.05) is 104 Å². The van der Waals surface area contributed by atoms with Gasteiger partial charge in [-0.3, -0.25) is 24.5 Å². The second-order valence-electron chi connectivity index (χ2n) is 26.3. The number of aryl methyl sites for hydroxylation is 1. The van der Waals surface area contributed by atoms with Crippen LogP contribution in [-0.2, 0) is 53.6 Å². The molecular formula is C73H89Cl3F7N9O8S. The maximum absolute atomic E-state index is 14.3. The van der Waals surface area contributed by atoms with E-state index in [1.165, 1.54) is 35.6 Å². The molecule has 0 saturated carbocycles. The number of aromatic nitrogens is 1. The number of benzene rings is 5. The number of nitrogens with one attached hydrogen (secondary N) is 1. The number of carbonyl (C=O) groups is 5. The highest BCUT2D eigenvalue weighted by Gasteiger charge is 2.50. The number of halogens is 10. The molecule has 1 aliphatic carbocycles. The zero-order chi connectivity index (χ0) is 69.9. The Morgan fingerprint density at radius 1 is 0.693 bits per heavy atom. The molecule has 3 fully saturated rings. The number of hydrogen-bond donors (Lipinski definition) is 1. The van der Waals surface area contributed by atoms with Crippen LogP contribution < -0.4 is 10.2 Å². The first-order valence-electron chi connectivity index (χ1n) is 33.5. The highest BCUT2D eigenvalue weighted by molar-refractivity contribution is 7.17. The number of likely N-dealkylation sites (tertiary alicyclic amines) is 2. The van der Waals surface area contributed by atoms with Crippen LogP contribution in [0.2, 0.25) is 0 Å². The quantitative estimate of drug-likeness (QED) is 0.0405. The van der Waals surface area contributed by atoms with Crippen molar-refractivity contribution in [3.05, 3.63) is 171 Å². The van der Waals surface area contributed by atoms with E-state index in [9.17, 15) is 54.7 Å². The fourth-order valence-corrected chi connectivity index (χ4v) is 14.8. The van der Waals surface area contributed by atoms with Crippen LogP contribution >= 0.6 is 48.6 Å². The van der Waals surface area contributed by atoms with Gasteiger partial charge in [0.05, 0.1) is 35.2 Å². The molecule has 3 saturated heterocycles. The van der Waals surface area contributed by atoms with Crippen LogP contribution in [0.5, 0.6) is 0 Å². The van der Waals surface area contributed by atoms with Crippen LogP contribution in [0.4, 0.5) is 46.3 Å². The van der Waals surface area contributed by atoms with Gasteiger partial charge in [0.25, 0.3) is 11.8 Å². The Morgan fingerprint density at radius 2 is 1.32 bits per heavy atom. The van der Waals surface area contributed by atoms with E-state index >= 15 is 0 Å². The topological polar surface area (TPSA) is 161 Å². The predicted octanol–water partition coefficient (Wildman–Crippen LogP) is 14.0. The molecule has 3 aliphatic heterocycles. The average Bonchev–Trinajstić information content (AvgIpc) is 1.52. The minimum atomic E-state index is -5.15. The molecule has 101 heavy (non-hydrogen) atoms. The van der Waals surface area contributed by atoms with E-state index in [1.54, 1.807) is 28.8 Å². The summed E-state index contributed by atoms with van der Waals surface area (Å²) in [6.45, 7) is 7.05. The number of ether oxygens (including phenoxy) is 3. The van der Waals surface area contributed by atoms with Crippen molar-refractivity contribution in [2.24, 2.45) is 0 Å². The fourth-order valence-electron chi connectivity index (χ4n) is 13.8. The number of piperidine rings is 2. The lowest BCUT2D eigenvalue weighted by Gasteiger charge is -2.44. The Morgan fingerprint density at radius 3 is 2.00 bits per heavy atom. The Bertz CT molecular complexity index is 3720. The highest BCUT2D eigenvalue weighted by Crippen LogP contribution is 2.49. The van der Waals surface area contributed by atoms with E-state index in [4.69, 9.17) is 19.2 Å². The highest BCUT2D eigenvalue weighted by atomic mass is 35.5. The fraction of sp³-hybridized carbons (Fsp3) is 0.479. The number of fused-ring (bicyclic) bond motifs is 2. The third kappa shape index (κ3) is 20.4. The smallest absolute Gasteiger partial charge is 0.416 e.